The van der Waals surface area contributed by atoms with E-state index in [9.17, 15) is 0 Å². The standard InChI is InChI=1S/C16H25N3O/c1-14-4-12-20-16(13-14)5-9-19(10-6-16)8-3-15-17-7-11-18(15)2/h7,11,13H,3-6,8-10,12H2,1-2H3. The molecule has 0 aliphatic carbocycles. The molecule has 1 aromatic rings. The Balaban J connectivity index is 1.51. The quantitative estimate of drug-likeness (QED) is 0.792. The normalized spacial score (nSPS) is 23.0. The second kappa shape index (κ2) is 5.70. The number of likely N-dealkylation sites (tertiary alicyclic amines) is 1. The zero-order chi connectivity index (χ0) is 14.0. The first-order chi connectivity index (χ1) is 9.67. The zero-order valence-electron chi connectivity index (χ0n) is 12.6. The van der Waals surface area contributed by atoms with Crippen molar-refractivity contribution >= 4 is 0 Å². The van der Waals surface area contributed by atoms with Gasteiger partial charge in [-0.3, -0.25) is 0 Å². The highest BCUT2D eigenvalue weighted by Gasteiger charge is 2.35. The Morgan fingerprint density at radius 1 is 1.35 bits per heavy atom. The van der Waals surface area contributed by atoms with Crippen molar-refractivity contribution in [1.82, 2.24) is 14.5 Å². The van der Waals surface area contributed by atoms with Gasteiger partial charge in [0.25, 0.3) is 0 Å². The second-order valence-electron chi connectivity index (χ2n) is 6.20. The van der Waals surface area contributed by atoms with Crippen LogP contribution in [-0.2, 0) is 18.2 Å². The Bertz CT molecular complexity index is 484. The van der Waals surface area contributed by atoms with Crippen LogP contribution in [0, 0.1) is 0 Å². The highest BCUT2D eigenvalue weighted by molar-refractivity contribution is 5.14. The molecule has 0 saturated carbocycles. The second-order valence-corrected chi connectivity index (χ2v) is 6.20. The molecule has 1 aromatic heterocycles. The molecule has 1 saturated heterocycles. The molecule has 0 unspecified atom stereocenters. The van der Waals surface area contributed by atoms with Crippen molar-refractivity contribution in [3.8, 4) is 0 Å². The number of imidazole rings is 1. The van der Waals surface area contributed by atoms with E-state index in [-0.39, 0.29) is 5.60 Å². The first-order valence-electron chi connectivity index (χ1n) is 7.68. The summed E-state index contributed by atoms with van der Waals surface area (Å²) >= 11 is 0. The van der Waals surface area contributed by atoms with Crippen molar-refractivity contribution in [2.24, 2.45) is 7.05 Å². The maximum Gasteiger partial charge on any atom is 0.109 e. The minimum Gasteiger partial charge on any atom is -0.370 e. The maximum atomic E-state index is 6.08. The van der Waals surface area contributed by atoms with Crippen molar-refractivity contribution in [2.45, 2.75) is 38.2 Å². The summed E-state index contributed by atoms with van der Waals surface area (Å²) in [6, 6.07) is 0. The molecule has 0 atom stereocenters. The summed E-state index contributed by atoms with van der Waals surface area (Å²) in [5, 5.41) is 0. The fourth-order valence-corrected chi connectivity index (χ4v) is 3.32. The van der Waals surface area contributed by atoms with Crippen LogP contribution in [0.5, 0.6) is 0 Å². The molecule has 3 heterocycles. The SMILES string of the molecule is CC1=CC2(CCN(CCc3nccn3C)CC2)OCC1. The Morgan fingerprint density at radius 3 is 2.80 bits per heavy atom. The number of aryl methyl sites for hydroxylation is 1. The van der Waals surface area contributed by atoms with Crippen LogP contribution in [-0.4, -0.2) is 46.3 Å². The van der Waals surface area contributed by atoms with E-state index >= 15 is 0 Å². The predicted molar refractivity (Wildman–Crippen MR) is 79.6 cm³/mol. The molecule has 20 heavy (non-hydrogen) atoms. The summed E-state index contributed by atoms with van der Waals surface area (Å²) < 4.78 is 8.19. The van der Waals surface area contributed by atoms with E-state index < -0.39 is 0 Å². The predicted octanol–water partition coefficient (Wildman–Crippen LogP) is 2.16. The van der Waals surface area contributed by atoms with Crippen molar-refractivity contribution < 1.29 is 4.74 Å². The summed E-state index contributed by atoms with van der Waals surface area (Å²) in [4.78, 5) is 6.94. The van der Waals surface area contributed by atoms with Crippen LogP contribution in [0.25, 0.3) is 0 Å². The number of hydrogen-bond acceptors (Lipinski definition) is 3. The average Bonchev–Trinajstić information content (AvgIpc) is 2.84. The number of hydrogen-bond donors (Lipinski definition) is 0. The molecule has 0 aromatic carbocycles. The fraction of sp³-hybridized carbons (Fsp3) is 0.688. The van der Waals surface area contributed by atoms with Crippen LogP contribution in [0.3, 0.4) is 0 Å². The molecule has 110 valence electrons. The summed E-state index contributed by atoms with van der Waals surface area (Å²) in [7, 11) is 2.07. The molecule has 2 aliphatic heterocycles. The van der Waals surface area contributed by atoms with Crippen LogP contribution < -0.4 is 0 Å². The Hall–Kier alpha value is -1.13. The van der Waals surface area contributed by atoms with Gasteiger partial charge in [-0.25, -0.2) is 4.98 Å². The monoisotopic (exact) mass is 275 g/mol. The molecule has 1 fully saturated rings. The molecule has 0 radical (unpaired) electrons. The van der Waals surface area contributed by atoms with Gasteiger partial charge >= 0.3 is 0 Å². The fourth-order valence-electron chi connectivity index (χ4n) is 3.32. The van der Waals surface area contributed by atoms with E-state index in [1.54, 1.807) is 0 Å². The maximum absolute atomic E-state index is 6.08. The van der Waals surface area contributed by atoms with Crippen LogP contribution in [0.1, 0.15) is 32.0 Å². The lowest BCUT2D eigenvalue weighted by Crippen LogP contribution is -2.46. The molecular formula is C16H25N3O. The number of ether oxygens (including phenoxy) is 1. The zero-order valence-corrected chi connectivity index (χ0v) is 12.6. The van der Waals surface area contributed by atoms with Crippen LogP contribution in [0.2, 0.25) is 0 Å². The minimum atomic E-state index is 0.0437. The van der Waals surface area contributed by atoms with Gasteiger partial charge in [0.15, 0.2) is 0 Å². The lowest BCUT2D eigenvalue weighted by Gasteiger charge is -2.42. The van der Waals surface area contributed by atoms with E-state index in [4.69, 9.17) is 4.74 Å². The summed E-state index contributed by atoms with van der Waals surface area (Å²) in [6.45, 7) is 6.50. The van der Waals surface area contributed by atoms with Gasteiger partial charge in [0.1, 0.15) is 5.82 Å². The molecule has 4 nitrogen and oxygen atoms in total. The lowest BCUT2D eigenvalue weighted by atomic mass is 9.87. The topological polar surface area (TPSA) is 30.3 Å². The number of aromatic nitrogens is 2. The van der Waals surface area contributed by atoms with Crippen LogP contribution in [0.15, 0.2) is 24.0 Å². The average molecular weight is 275 g/mol. The van der Waals surface area contributed by atoms with Gasteiger partial charge in [0, 0.05) is 45.5 Å². The summed E-state index contributed by atoms with van der Waals surface area (Å²) in [5.74, 6) is 1.18. The molecule has 4 heteroatoms. The van der Waals surface area contributed by atoms with Gasteiger partial charge in [-0.2, -0.15) is 0 Å². The lowest BCUT2D eigenvalue weighted by molar-refractivity contribution is -0.0563. The summed E-state index contributed by atoms with van der Waals surface area (Å²) in [5.41, 5.74) is 1.54. The molecular weight excluding hydrogens is 250 g/mol. The number of rotatable bonds is 3. The van der Waals surface area contributed by atoms with Crippen LogP contribution in [0.4, 0.5) is 0 Å². The van der Waals surface area contributed by atoms with Crippen molar-refractivity contribution in [3.63, 3.8) is 0 Å². The van der Waals surface area contributed by atoms with E-state index in [0.29, 0.717) is 0 Å². The first-order valence-corrected chi connectivity index (χ1v) is 7.68. The Morgan fingerprint density at radius 2 is 2.15 bits per heavy atom. The molecule has 2 aliphatic rings. The third-order valence-electron chi connectivity index (χ3n) is 4.67. The smallest absolute Gasteiger partial charge is 0.109 e. The van der Waals surface area contributed by atoms with E-state index in [1.165, 1.54) is 11.4 Å². The van der Waals surface area contributed by atoms with E-state index in [1.807, 2.05) is 12.4 Å². The van der Waals surface area contributed by atoms with E-state index in [2.05, 4.69) is 34.5 Å². The number of piperidine rings is 1. The third-order valence-corrected chi connectivity index (χ3v) is 4.67. The molecule has 1 spiro atoms. The Labute approximate surface area is 121 Å². The van der Waals surface area contributed by atoms with Crippen molar-refractivity contribution in [1.29, 1.82) is 0 Å². The number of nitrogens with zero attached hydrogens (tertiary/aromatic N) is 3. The van der Waals surface area contributed by atoms with E-state index in [0.717, 1.165) is 51.9 Å². The van der Waals surface area contributed by atoms with Gasteiger partial charge < -0.3 is 14.2 Å². The largest absolute Gasteiger partial charge is 0.370 e. The van der Waals surface area contributed by atoms with Gasteiger partial charge in [-0.1, -0.05) is 11.6 Å². The Kier molecular flexibility index (Phi) is 3.94. The van der Waals surface area contributed by atoms with Gasteiger partial charge in [0.05, 0.1) is 12.2 Å². The van der Waals surface area contributed by atoms with Gasteiger partial charge in [-0.15, -0.1) is 0 Å². The molecule has 0 amide bonds. The molecule has 0 N–H and O–H groups in total. The van der Waals surface area contributed by atoms with Crippen molar-refractivity contribution in [3.05, 3.63) is 29.9 Å². The van der Waals surface area contributed by atoms with Crippen molar-refractivity contribution in [2.75, 3.05) is 26.2 Å². The highest BCUT2D eigenvalue weighted by Crippen LogP contribution is 2.32. The first kappa shape index (κ1) is 13.8. The van der Waals surface area contributed by atoms with Gasteiger partial charge in [0.2, 0.25) is 0 Å². The van der Waals surface area contributed by atoms with Crippen LogP contribution >= 0.6 is 0 Å². The summed E-state index contributed by atoms with van der Waals surface area (Å²) in [6.07, 6.45) is 10.7. The minimum absolute atomic E-state index is 0.0437. The third kappa shape index (κ3) is 2.96. The van der Waals surface area contributed by atoms with Gasteiger partial charge in [-0.05, 0) is 26.2 Å². The highest BCUT2D eigenvalue weighted by atomic mass is 16.5. The molecule has 3 rings (SSSR count). The molecule has 0 bridgehead atoms.